The van der Waals surface area contributed by atoms with Crippen LogP contribution in [0.3, 0.4) is 0 Å². The van der Waals surface area contributed by atoms with Crippen molar-refractivity contribution >= 4 is 39.0 Å². The molecule has 0 spiro atoms. The first-order valence-corrected chi connectivity index (χ1v) is 11.5. The second kappa shape index (κ2) is 7.57. The molecule has 1 aliphatic heterocycles. The molecule has 1 aliphatic carbocycles. The summed E-state index contributed by atoms with van der Waals surface area (Å²) in [5.74, 6) is 1.15. The van der Waals surface area contributed by atoms with Gasteiger partial charge in [-0.1, -0.05) is 0 Å². The second-order valence-electron chi connectivity index (χ2n) is 8.99. The summed E-state index contributed by atoms with van der Waals surface area (Å²) in [5.41, 5.74) is 7.67. The predicted octanol–water partition coefficient (Wildman–Crippen LogP) is 5.09. The van der Waals surface area contributed by atoms with E-state index in [9.17, 15) is 0 Å². The third-order valence-corrected chi connectivity index (χ3v) is 7.01. The number of pyridine rings is 1. The Hall–Kier alpha value is -3.05. The quantitative estimate of drug-likeness (QED) is 0.493. The zero-order valence-corrected chi connectivity index (χ0v) is 18.1. The van der Waals surface area contributed by atoms with E-state index in [0.717, 1.165) is 56.0 Å². The average Bonchev–Trinajstić information content (AvgIpc) is 3.29. The Labute approximate surface area is 183 Å². The molecule has 31 heavy (non-hydrogen) atoms. The van der Waals surface area contributed by atoms with Crippen LogP contribution in [0.4, 0.5) is 17.2 Å². The Bertz CT molecular complexity index is 1230. The molecule has 1 fully saturated rings. The van der Waals surface area contributed by atoms with Crippen molar-refractivity contribution in [2.24, 2.45) is 0 Å². The Kier molecular flexibility index (Phi) is 4.57. The Balaban J connectivity index is 1.35. The lowest BCUT2D eigenvalue weighted by Crippen LogP contribution is -2.44. The van der Waals surface area contributed by atoms with Gasteiger partial charge in [-0.25, -0.2) is 0 Å². The Morgan fingerprint density at radius 3 is 2.45 bits per heavy atom. The predicted molar refractivity (Wildman–Crippen MR) is 130 cm³/mol. The minimum Gasteiger partial charge on any atom is -0.369 e. The van der Waals surface area contributed by atoms with Crippen molar-refractivity contribution in [2.75, 3.05) is 43.4 Å². The molecular weight excluding hydrogens is 382 g/mol. The molecule has 1 saturated heterocycles. The summed E-state index contributed by atoms with van der Waals surface area (Å²) in [4.78, 5) is 13.1. The van der Waals surface area contributed by atoms with Gasteiger partial charge in [0.25, 0.3) is 0 Å². The smallest absolute Gasteiger partial charge is 0.111 e. The maximum absolute atomic E-state index is 4.52. The number of hydrogen-bond acceptors (Lipinski definition) is 4. The van der Waals surface area contributed by atoms with Crippen molar-refractivity contribution < 1.29 is 0 Å². The van der Waals surface area contributed by atoms with Gasteiger partial charge in [0.05, 0.1) is 5.52 Å². The molecule has 0 atom stereocenters. The number of H-pyrrole nitrogens is 1. The largest absolute Gasteiger partial charge is 0.369 e. The molecule has 0 bridgehead atoms. The van der Waals surface area contributed by atoms with Gasteiger partial charge in [-0.3, -0.25) is 4.98 Å². The molecule has 0 unspecified atom stereocenters. The number of rotatable bonds is 3. The van der Waals surface area contributed by atoms with Crippen LogP contribution in [0.1, 0.15) is 24.0 Å². The monoisotopic (exact) mass is 411 g/mol. The van der Waals surface area contributed by atoms with Gasteiger partial charge in [0.15, 0.2) is 0 Å². The van der Waals surface area contributed by atoms with E-state index >= 15 is 0 Å². The van der Waals surface area contributed by atoms with Gasteiger partial charge in [-0.15, -0.1) is 0 Å². The molecule has 2 aromatic carbocycles. The van der Waals surface area contributed by atoms with Crippen LogP contribution in [-0.2, 0) is 12.8 Å². The van der Waals surface area contributed by atoms with Gasteiger partial charge < -0.3 is 20.1 Å². The van der Waals surface area contributed by atoms with Crippen LogP contribution < -0.4 is 10.2 Å². The maximum Gasteiger partial charge on any atom is 0.111 e. The van der Waals surface area contributed by atoms with E-state index in [-0.39, 0.29) is 0 Å². The summed E-state index contributed by atoms with van der Waals surface area (Å²) in [6, 6.07) is 15.4. The van der Waals surface area contributed by atoms with E-state index < -0.39 is 0 Å². The van der Waals surface area contributed by atoms with Gasteiger partial charge >= 0.3 is 0 Å². The lowest BCUT2D eigenvalue weighted by molar-refractivity contribution is 0.313. The lowest BCUT2D eigenvalue weighted by Gasteiger charge is -2.34. The number of hydrogen-bond donors (Lipinski definition) is 2. The molecule has 4 aromatic rings. The Morgan fingerprint density at radius 2 is 1.65 bits per heavy atom. The fourth-order valence-corrected chi connectivity index (χ4v) is 5.25. The number of aryl methyl sites for hydroxylation is 1. The molecule has 2 aliphatic rings. The van der Waals surface area contributed by atoms with E-state index in [0.29, 0.717) is 0 Å². The minimum atomic E-state index is 1.09. The number of nitrogens with one attached hydrogen (secondary N) is 2. The number of nitrogens with zero attached hydrogens (tertiary/aromatic N) is 3. The van der Waals surface area contributed by atoms with E-state index in [1.165, 1.54) is 45.9 Å². The third kappa shape index (κ3) is 3.33. The van der Waals surface area contributed by atoms with Crippen LogP contribution in [0, 0.1) is 0 Å². The maximum atomic E-state index is 4.52. The van der Waals surface area contributed by atoms with E-state index in [2.05, 4.69) is 74.6 Å². The summed E-state index contributed by atoms with van der Waals surface area (Å²) in [6.07, 6.45) is 6.69. The molecule has 0 radical (unpaired) electrons. The molecule has 158 valence electrons. The van der Waals surface area contributed by atoms with Crippen molar-refractivity contribution in [1.82, 2.24) is 14.9 Å². The van der Waals surface area contributed by atoms with Gasteiger partial charge in [0, 0.05) is 60.0 Å². The number of piperazine rings is 1. The minimum absolute atomic E-state index is 1.09. The van der Waals surface area contributed by atoms with Gasteiger partial charge in [0.2, 0.25) is 0 Å². The first-order chi connectivity index (χ1) is 15.3. The number of aromatic nitrogens is 2. The molecular formula is C26H29N5. The fraction of sp³-hybridized carbons (Fsp3) is 0.346. The highest BCUT2D eigenvalue weighted by atomic mass is 15.2. The number of aromatic amines is 1. The number of benzene rings is 2. The molecule has 2 aromatic heterocycles. The van der Waals surface area contributed by atoms with Crippen molar-refractivity contribution in [3.05, 3.63) is 59.8 Å². The van der Waals surface area contributed by atoms with Crippen LogP contribution >= 0.6 is 0 Å². The second-order valence-corrected chi connectivity index (χ2v) is 8.99. The molecule has 5 heteroatoms. The van der Waals surface area contributed by atoms with Crippen LogP contribution in [0.5, 0.6) is 0 Å². The van der Waals surface area contributed by atoms with E-state index in [4.69, 9.17) is 0 Å². The van der Waals surface area contributed by atoms with Crippen molar-refractivity contribution in [1.29, 1.82) is 0 Å². The van der Waals surface area contributed by atoms with Crippen LogP contribution in [-0.4, -0.2) is 48.1 Å². The average molecular weight is 412 g/mol. The fourth-order valence-electron chi connectivity index (χ4n) is 5.25. The van der Waals surface area contributed by atoms with E-state index in [1.807, 2.05) is 6.20 Å². The molecule has 6 rings (SSSR count). The summed E-state index contributed by atoms with van der Waals surface area (Å²) in [7, 11) is 2.20. The van der Waals surface area contributed by atoms with Crippen LogP contribution in [0.25, 0.3) is 21.8 Å². The van der Waals surface area contributed by atoms with Crippen LogP contribution in [0.15, 0.2) is 48.7 Å². The normalized spacial score (nSPS) is 17.3. The van der Waals surface area contributed by atoms with Gasteiger partial charge in [-0.05, 0) is 86.3 Å². The summed E-state index contributed by atoms with van der Waals surface area (Å²) >= 11 is 0. The SMILES string of the molecule is CN1CCN(c2ccc(Nc3[nH]c4ccc5nccc5c4c4c3CCCC4)cc2)CC1. The molecule has 0 saturated carbocycles. The summed E-state index contributed by atoms with van der Waals surface area (Å²) in [5, 5.41) is 6.34. The number of anilines is 3. The highest BCUT2D eigenvalue weighted by molar-refractivity contribution is 6.08. The zero-order chi connectivity index (χ0) is 20.8. The molecule has 2 N–H and O–H groups in total. The first kappa shape index (κ1) is 18.7. The third-order valence-electron chi connectivity index (χ3n) is 7.01. The van der Waals surface area contributed by atoms with Crippen molar-refractivity contribution in [3.63, 3.8) is 0 Å². The number of fused-ring (bicyclic) bond motifs is 5. The van der Waals surface area contributed by atoms with E-state index in [1.54, 1.807) is 0 Å². The molecule has 3 heterocycles. The first-order valence-electron chi connectivity index (χ1n) is 11.5. The molecule has 0 amide bonds. The van der Waals surface area contributed by atoms with Crippen LogP contribution in [0.2, 0.25) is 0 Å². The summed E-state index contributed by atoms with van der Waals surface area (Å²) in [6.45, 7) is 4.45. The van der Waals surface area contributed by atoms with Gasteiger partial charge in [0.1, 0.15) is 5.82 Å². The van der Waals surface area contributed by atoms with Crippen molar-refractivity contribution in [2.45, 2.75) is 25.7 Å². The topological polar surface area (TPSA) is 47.2 Å². The molecule has 5 nitrogen and oxygen atoms in total. The Morgan fingerprint density at radius 1 is 0.871 bits per heavy atom. The van der Waals surface area contributed by atoms with Gasteiger partial charge in [-0.2, -0.15) is 0 Å². The standard InChI is InChI=1S/C26H29N5/c1-30-14-16-31(17-15-30)19-8-6-18(7-9-19)28-26-21-5-3-2-4-20(21)25-22-12-13-27-23(22)10-11-24(25)29-26/h6-13,28-29H,2-5,14-17H2,1H3. The lowest BCUT2D eigenvalue weighted by atomic mass is 9.88. The highest BCUT2D eigenvalue weighted by Crippen LogP contribution is 2.37. The summed E-state index contributed by atoms with van der Waals surface area (Å²) < 4.78 is 0. The highest BCUT2D eigenvalue weighted by Gasteiger charge is 2.20. The van der Waals surface area contributed by atoms with Crippen molar-refractivity contribution in [3.8, 4) is 0 Å². The number of likely N-dealkylation sites (N-methyl/N-ethyl adjacent to an activating group) is 1. The zero-order valence-electron chi connectivity index (χ0n) is 18.1.